The van der Waals surface area contributed by atoms with Gasteiger partial charge in [0, 0.05) is 0 Å². The SMILES string of the molecule is CCC(CC(C)C)c1cccc(C)c1. The van der Waals surface area contributed by atoms with Gasteiger partial charge in [-0.25, -0.2) is 0 Å². The summed E-state index contributed by atoms with van der Waals surface area (Å²) in [5, 5.41) is 0. The van der Waals surface area contributed by atoms with E-state index >= 15 is 0 Å². The highest BCUT2D eigenvalue weighted by Gasteiger charge is 2.10. The minimum absolute atomic E-state index is 0.745. The molecular formula is C14H22. The van der Waals surface area contributed by atoms with Crippen LogP contribution in [0.4, 0.5) is 0 Å². The van der Waals surface area contributed by atoms with E-state index in [1.54, 1.807) is 0 Å². The van der Waals surface area contributed by atoms with E-state index in [-0.39, 0.29) is 0 Å². The van der Waals surface area contributed by atoms with Gasteiger partial charge in [-0.2, -0.15) is 0 Å². The molecule has 0 heterocycles. The van der Waals surface area contributed by atoms with Crippen molar-refractivity contribution in [3.05, 3.63) is 35.4 Å². The maximum Gasteiger partial charge on any atom is -0.0162 e. The molecule has 0 heteroatoms. The van der Waals surface area contributed by atoms with E-state index in [9.17, 15) is 0 Å². The molecule has 0 aromatic heterocycles. The third kappa shape index (κ3) is 3.17. The van der Waals surface area contributed by atoms with Crippen molar-refractivity contribution < 1.29 is 0 Å². The van der Waals surface area contributed by atoms with Gasteiger partial charge >= 0.3 is 0 Å². The molecule has 0 saturated heterocycles. The monoisotopic (exact) mass is 190 g/mol. The Morgan fingerprint density at radius 3 is 2.43 bits per heavy atom. The predicted molar refractivity (Wildman–Crippen MR) is 63.7 cm³/mol. The Hall–Kier alpha value is -0.780. The van der Waals surface area contributed by atoms with Crippen molar-refractivity contribution in [3.8, 4) is 0 Å². The fourth-order valence-electron chi connectivity index (χ4n) is 2.03. The quantitative estimate of drug-likeness (QED) is 0.654. The molecule has 1 aromatic rings. The number of hydrogen-bond acceptors (Lipinski definition) is 0. The van der Waals surface area contributed by atoms with Crippen LogP contribution in [-0.4, -0.2) is 0 Å². The van der Waals surface area contributed by atoms with Crippen molar-refractivity contribution in [1.29, 1.82) is 0 Å². The fraction of sp³-hybridized carbons (Fsp3) is 0.571. The van der Waals surface area contributed by atoms with Crippen LogP contribution in [0.1, 0.15) is 50.7 Å². The topological polar surface area (TPSA) is 0 Å². The third-order valence-corrected chi connectivity index (χ3v) is 2.76. The summed E-state index contributed by atoms with van der Waals surface area (Å²) in [6, 6.07) is 8.94. The minimum Gasteiger partial charge on any atom is -0.0648 e. The van der Waals surface area contributed by atoms with Gasteiger partial charge in [-0.3, -0.25) is 0 Å². The number of hydrogen-bond donors (Lipinski definition) is 0. The molecule has 1 unspecified atom stereocenters. The molecule has 14 heavy (non-hydrogen) atoms. The lowest BCUT2D eigenvalue weighted by atomic mass is 9.88. The highest BCUT2D eigenvalue weighted by Crippen LogP contribution is 2.27. The summed E-state index contributed by atoms with van der Waals surface area (Å²) in [5.74, 6) is 1.54. The zero-order valence-electron chi connectivity index (χ0n) is 9.88. The van der Waals surface area contributed by atoms with E-state index in [0.717, 1.165) is 11.8 Å². The van der Waals surface area contributed by atoms with Crippen molar-refractivity contribution in [3.63, 3.8) is 0 Å². The molecule has 0 spiro atoms. The van der Waals surface area contributed by atoms with Crippen LogP contribution in [-0.2, 0) is 0 Å². The minimum atomic E-state index is 0.745. The molecule has 0 aliphatic heterocycles. The fourth-order valence-corrected chi connectivity index (χ4v) is 2.03. The molecule has 1 atom stereocenters. The van der Waals surface area contributed by atoms with Gasteiger partial charge in [-0.05, 0) is 37.2 Å². The van der Waals surface area contributed by atoms with E-state index in [2.05, 4.69) is 52.0 Å². The van der Waals surface area contributed by atoms with Gasteiger partial charge in [-0.1, -0.05) is 50.6 Å². The molecule has 0 bridgehead atoms. The Balaban J connectivity index is 2.78. The van der Waals surface area contributed by atoms with Crippen LogP contribution in [0.2, 0.25) is 0 Å². The first kappa shape index (κ1) is 11.3. The molecular weight excluding hydrogens is 168 g/mol. The standard InChI is InChI=1S/C14H22/c1-5-13(9-11(2)3)14-8-6-7-12(4)10-14/h6-8,10-11,13H,5,9H2,1-4H3. The molecule has 0 nitrogen and oxygen atoms in total. The summed E-state index contributed by atoms with van der Waals surface area (Å²) in [4.78, 5) is 0. The van der Waals surface area contributed by atoms with E-state index < -0.39 is 0 Å². The molecule has 1 rings (SSSR count). The smallest absolute Gasteiger partial charge is 0.0162 e. The Morgan fingerprint density at radius 2 is 1.93 bits per heavy atom. The van der Waals surface area contributed by atoms with Gasteiger partial charge in [0.15, 0.2) is 0 Å². The highest BCUT2D eigenvalue weighted by atomic mass is 14.2. The Morgan fingerprint density at radius 1 is 1.21 bits per heavy atom. The van der Waals surface area contributed by atoms with Gasteiger partial charge < -0.3 is 0 Å². The predicted octanol–water partition coefficient (Wildman–Crippen LogP) is 4.53. The van der Waals surface area contributed by atoms with Crippen LogP contribution in [0.15, 0.2) is 24.3 Å². The Labute approximate surface area is 88.4 Å². The number of rotatable bonds is 4. The second-order valence-corrected chi connectivity index (χ2v) is 4.65. The summed E-state index contributed by atoms with van der Waals surface area (Å²) in [6.45, 7) is 9.07. The van der Waals surface area contributed by atoms with Crippen LogP contribution in [0.5, 0.6) is 0 Å². The summed E-state index contributed by atoms with van der Waals surface area (Å²) >= 11 is 0. The van der Waals surface area contributed by atoms with Crippen molar-refractivity contribution >= 4 is 0 Å². The van der Waals surface area contributed by atoms with Crippen LogP contribution >= 0.6 is 0 Å². The summed E-state index contributed by atoms with van der Waals surface area (Å²) in [7, 11) is 0. The maximum atomic E-state index is 2.33. The lowest BCUT2D eigenvalue weighted by Crippen LogP contribution is -2.02. The molecule has 0 N–H and O–H groups in total. The zero-order valence-corrected chi connectivity index (χ0v) is 9.88. The first-order chi connectivity index (χ1) is 6.63. The van der Waals surface area contributed by atoms with Gasteiger partial charge in [0.1, 0.15) is 0 Å². The lowest BCUT2D eigenvalue weighted by molar-refractivity contribution is 0.489. The van der Waals surface area contributed by atoms with Crippen LogP contribution in [0.25, 0.3) is 0 Å². The summed E-state index contributed by atoms with van der Waals surface area (Å²) < 4.78 is 0. The largest absolute Gasteiger partial charge is 0.0648 e. The van der Waals surface area contributed by atoms with Gasteiger partial charge in [-0.15, -0.1) is 0 Å². The van der Waals surface area contributed by atoms with E-state index in [0.29, 0.717) is 0 Å². The first-order valence-electron chi connectivity index (χ1n) is 5.70. The average molecular weight is 190 g/mol. The first-order valence-corrected chi connectivity index (χ1v) is 5.70. The lowest BCUT2D eigenvalue weighted by Gasteiger charge is -2.18. The summed E-state index contributed by atoms with van der Waals surface area (Å²) in [5.41, 5.74) is 2.89. The summed E-state index contributed by atoms with van der Waals surface area (Å²) in [6.07, 6.45) is 2.56. The Kier molecular flexibility index (Phi) is 4.19. The third-order valence-electron chi connectivity index (χ3n) is 2.76. The highest BCUT2D eigenvalue weighted by molar-refractivity contribution is 5.25. The maximum absolute atomic E-state index is 2.33. The van der Waals surface area contributed by atoms with Crippen LogP contribution < -0.4 is 0 Å². The molecule has 1 aromatic carbocycles. The molecule has 78 valence electrons. The van der Waals surface area contributed by atoms with Crippen LogP contribution in [0.3, 0.4) is 0 Å². The van der Waals surface area contributed by atoms with Crippen molar-refractivity contribution in [2.24, 2.45) is 5.92 Å². The van der Waals surface area contributed by atoms with Gasteiger partial charge in [0.2, 0.25) is 0 Å². The molecule has 0 fully saturated rings. The molecule has 0 radical (unpaired) electrons. The average Bonchev–Trinajstić information content (AvgIpc) is 2.14. The molecule has 0 amide bonds. The zero-order chi connectivity index (χ0) is 10.6. The van der Waals surface area contributed by atoms with E-state index in [1.807, 2.05) is 0 Å². The van der Waals surface area contributed by atoms with Gasteiger partial charge in [0.05, 0.1) is 0 Å². The van der Waals surface area contributed by atoms with Gasteiger partial charge in [0.25, 0.3) is 0 Å². The molecule has 0 saturated carbocycles. The Bertz CT molecular complexity index is 273. The van der Waals surface area contributed by atoms with Crippen molar-refractivity contribution in [2.75, 3.05) is 0 Å². The van der Waals surface area contributed by atoms with Crippen LogP contribution in [0, 0.1) is 12.8 Å². The molecule has 0 aliphatic rings. The second-order valence-electron chi connectivity index (χ2n) is 4.65. The second kappa shape index (κ2) is 5.19. The number of benzene rings is 1. The number of aryl methyl sites for hydroxylation is 1. The molecule has 0 aliphatic carbocycles. The van der Waals surface area contributed by atoms with Crippen molar-refractivity contribution in [2.45, 2.75) is 46.5 Å². The normalized spacial score (nSPS) is 13.2. The van der Waals surface area contributed by atoms with Crippen molar-refractivity contribution in [1.82, 2.24) is 0 Å². The van der Waals surface area contributed by atoms with E-state index in [1.165, 1.54) is 24.0 Å². The van der Waals surface area contributed by atoms with E-state index in [4.69, 9.17) is 0 Å².